The van der Waals surface area contributed by atoms with Gasteiger partial charge < -0.3 is 88.7 Å². The molecule has 26 heteroatoms. The Morgan fingerprint density at radius 3 is 1.00 bits per heavy atom. The Hall–Kier alpha value is -3.05. The molecule has 3 aliphatic rings. The lowest BCUT2D eigenvalue weighted by molar-refractivity contribution is -0.360. The molecule has 0 amide bonds. The van der Waals surface area contributed by atoms with Crippen LogP contribution >= 0.6 is 7.82 Å². The smallest absolute Gasteiger partial charge is 0.463 e. The van der Waals surface area contributed by atoms with Crippen molar-refractivity contribution in [3.05, 3.63) is 24.3 Å². The summed E-state index contributed by atoms with van der Waals surface area (Å²) in [7, 11) is -5.81. The van der Waals surface area contributed by atoms with Gasteiger partial charge in [0.2, 0.25) is 0 Å². The molecule has 2 saturated heterocycles. The van der Waals surface area contributed by atoms with Crippen molar-refractivity contribution in [1.29, 1.82) is 0 Å². The van der Waals surface area contributed by atoms with Gasteiger partial charge >= 0.3 is 31.7 Å². The predicted octanol–water partition coefficient (Wildman–Crippen LogP) is 18.5. The Morgan fingerprint density at radius 1 is 0.325 bits per heavy atom. The molecule has 0 aromatic carbocycles. The molecule has 3 rings (SSSR count). The zero-order chi connectivity index (χ0) is 87.5. The van der Waals surface area contributed by atoms with Crippen LogP contribution in [0.1, 0.15) is 419 Å². The number of carbonyl (C=O) groups excluding carboxylic acids is 4. The number of phosphoric ester groups is 1. The fourth-order valence-electron chi connectivity index (χ4n) is 16.0. The standard InChI is InChI=1S/C94H173O25P/c1-5-9-13-17-21-25-29-33-37-41-43-46-50-54-58-62-66-77(96)110-71-74(113-79(98)68-64-60-56-52-48-44-39-35-31-27-23-19-15-11-7-3)72-112-120(108,109)119-92-90(117-93-87(106)83(102)81(100)75(70-95)114-93)86(105)85(104)89(116-80(99)69-65-61-57-53-49-45-40-36-32-28-24-20-16-12-8-4)91(92)118-94-88(107)84(103)82(101)76(115-94)73-111-78(97)67-63-59-55-51-47-42-38-34-30-26-22-18-14-10-6-2/h26-27,30-31,74-76,81-95,100-107H,5-25,28-29,32-73H2,1-4H3,(H,108,109)/b30-26-,31-27-. The van der Waals surface area contributed by atoms with Crippen LogP contribution in [0, 0.1) is 0 Å². The first kappa shape index (κ1) is 111. The maximum absolute atomic E-state index is 14.9. The summed E-state index contributed by atoms with van der Waals surface area (Å²) in [4.78, 5) is 66.6. The van der Waals surface area contributed by atoms with Crippen LogP contribution in [0.4, 0.5) is 0 Å². The molecule has 18 atom stereocenters. The number of allylic oxidation sites excluding steroid dienone is 4. The van der Waals surface area contributed by atoms with Crippen LogP contribution in [0.25, 0.3) is 0 Å². The van der Waals surface area contributed by atoms with E-state index in [1.807, 2.05) is 0 Å². The predicted molar refractivity (Wildman–Crippen MR) is 467 cm³/mol. The lowest BCUT2D eigenvalue weighted by atomic mass is 9.84. The van der Waals surface area contributed by atoms with Gasteiger partial charge in [0.25, 0.3) is 0 Å². The summed E-state index contributed by atoms with van der Waals surface area (Å²) >= 11 is 0. The van der Waals surface area contributed by atoms with Gasteiger partial charge in [-0.2, -0.15) is 0 Å². The van der Waals surface area contributed by atoms with Gasteiger partial charge in [0.15, 0.2) is 24.8 Å². The molecule has 25 nitrogen and oxygen atoms in total. The van der Waals surface area contributed by atoms with E-state index in [-0.39, 0.29) is 25.7 Å². The quantitative estimate of drug-likeness (QED) is 0.00889. The molecule has 0 bridgehead atoms. The number of phosphoric acid groups is 1. The zero-order valence-corrected chi connectivity index (χ0v) is 76.0. The number of aliphatic hydroxyl groups is 9. The normalized spacial score (nSPS) is 24.8. The number of hydrogen-bond acceptors (Lipinski definition) is 24. The van der Waals surface area contributed by atoms with Crippen molar-refractivity contribution in [2.75, 3.05) is 26.4 Å². The number of rotatable bonds is 79. The summed E-state index contributed by atoms with van der Waals surface area (Å²) in [6.45, 7) is 5.60. The largest absolute Gasteiger partial charge is 0.472 e. The average Bonchev–Trinajstić information content (AvgIpc) is 0.753. The maximum Gasteiger partial charge on any atom is 0.472 e. The van der Waals surface area contributed by atoms with Gasteiger partial charge in [-0.15, -0.1) is 0 Å². The minimum absolute atomic E-state index is 0.00994. The molecule has 2 aliphatic heterocycles. The van der Waals surface area contributed by atoms with Crippen LogP contribution in [-0.2, 0) is 70.7 Å². The van der Waals surface area contributed by atoms with Crippen LogP contribution < -0.4 is 0 Å². The first-order chi connectivity index (χ1) is 58.2. The van der Waals surface area contributed by atoms with Gasteiger partial charge in [0, 0.05) is 25.7 Å². The third-order valence-corrected chi connectivity index (χ3v) is 24.7. The monoisotopic (exact) mass is 1730 g/mol. The van der Waals surface area contributed by atoms with E-state index in [9.17, 15) is 74.6 Å². The third-order valence-electron chi connectivity index (χ3n) is 23.7. The molecular weight excluding hydrogens is 1560 g/mol. The summed E-state index contributed by atoms with van der Waals surface area (Å²) in [5, 5.41) is 102. The fourth-order valence-corrected chi connectivity index (χ4v) is 16.9. The van der Waals surface area contributed by atoms with Crippen molar-refractivity contribution in [2.45, 2.75) is 524 Å². The molecule has 120 heavy (non-hydrogen) atoms. The second-order valence-electron chi connectivity index (χ2n) is 34.6. The zero-order valence-electron chi connectivity index (χ0n) is 75.1. The number of aliphatic hydroxyl groups excluding tert-OH is 9. The van der Waals surface area contributed by atoms with Crippen LogP contribution in [0.15, 0.2) is 24.3 Å². The molecule has 18 unspecified atom stereocenters. The average molecular weight is 1730 g/mol. The molecule has 3 fully saturated rings. The van der Waals surface area contributed by atoms with E-state index in [1.165, 1.54) is 167 Å². The second kappa shape index (κ2) is 72.9. The highest BCUT2D eigenvalue weighted by Gasteiger charge is 2.60. The van der Waals surface area contributed by atoms with Crippen molar-refractivity contribution >= 4 is 31.7 Å². The summed E-state index contributed by atoms with van der Waals surface area (Å²) < 4.78 is 73.5. The van der Waals surface area contributed by atoms with E-state index in [2.05, 4.69) is 52.0 Å². The van der Waals surface area contributed by atoms with E-state index in [0.717, 1.165) is 161 Å². The lowest BCUT2D eigenvalue weighted by Gasteiger charge is -2.50. The number of esters is 4. The SMILES string of the molecule is CCCCCC/C=C\CCCCCCCCCC(=O)OCC1OC(OC2C(OC(=O)CCCCCCCCCCCCCCCCC)C(O)C(O)C(OC3OC(CO)C(O)C(O)C3O)C2OP(=O)(O)OCC(COC(=O)CCCCCCCCCCCCCCCCCC)OC(=O)CCCCCCCCC/C=C\CCCCCC)C(O)C(O)C1O. The van der Waals surface area contributed by atoms with Crippen LogP contribution in [-0.4, -0.2) is 205 Å². The van der Waals surface area contributed by atoms with E-state index in [4.69, 9.17) is 46.9 Å². The second-order valence-corrected chi connectivity index (χ2v) is 36.0. The van der Waals surface area contributed by atoms with E-state index >= 15 is 0 Å². The molecule has 704 valence electrons. The molecule has 1 saturated carbocycles. The van der Waals surface area contributed by atoms with Crippen molar-refractivity contribution in [2.24, 2.45) is 0 Å². The highest BCUT2D eigenvalue weighted by Crippen LogP contribution is 2.49. The lowest BCUT2D eigenvalue weighted by Crippen LogP contribution is -2.70. The van der Waals surface area contributed by atoms with Crippen molar-refractivity contribution in [3.8, 4) is 0 Å². The molecule has 10 N–H and O–H groups in total. The Labute approximate surface area is 724 Å². The minimum atomic E-state index is -5.81. The molecule has 0 aromatic rings. The molecule has 1 aliphatic carbocycles. The Morgan fingerprint density at radius 2 is 0.625 bits per heavy atom. The van der Waals surface area contributed by atoms with E-state index < -0.39 is 162 Å². The van der Waals surface area contributed by atoms with Gasteiger partial charge in [0.05, 0.1) is 13.2 Å². The highest BCUT2D eigenvalue weighted by molar-refractivity contribution is 7.47. The van der Waals surface area contributed by atoms with E-state index in [1.54, 1.807) is 0 Å². The highest BCUT2D eigenvalue weighted by atomic mass is 31.2. The summed E-state index contributed by atoms with van der Waals surface area (Å²) in [5.41, 5.74) is 0. The Bertz CT molecular complexity index is 2580. The number of ether oxygens (including phenoxy) is 8. The van der Waals surface area contributed by atoms with Crippen LogP contribution in [0.2, 0.25) is 0 Å². The van der Waals surface area contributed by atoms with Gasteiger partial charge in [-0.25, -0.2) is 4.57 Å². The number of hydrogen-bond donors (Lipinski definition) is 10. The Kier molecular flexibility index (Phi) is 67.5. The topological polar surface area (TPSA) is 380 Å². The van der Waals surface area contributed by atoms with Crippen molar-refractivity contribution in [1.82, 2.24) is 0 Å². The molecule has 0 spiro atoms. The number of unbranched alkanes of at least 4 members (excludes halogenated alkanes) is 51. The molecule has 0 aromatic heterocycles. The van der Waals surface area contributed by atoms with Crippen LogP contribution in [0.5, 0.6) is 0 Å². The maximum atomic E-state index is 14.9. The minimum Gasteiger partial charge on any atom is -0.463 e. The molecular formula is C94H173O25P. The third kappa shape index (κ3) is 52.3. The fraction of sp³-hybridized carbons (Fsp3) is 0.915. The molecule has 0 radical (unpaired) electrons. The first-order valence-corrected chi connectivity index (χ1v) is 50.1. The van der Waals surface area contributed by atoms with Gasteiger partial charge in [-0.05, 0) is 77.0 Å². The Balaban J connectivity index is 1.90. The molecule has 2 heterocycles. The van der Waals surface area contributed by atoms with Gasteiger partial charge in [-0.1, -0.05) is 341 Å². The summed E-state index contributed by atoms with van der Waals surface area (Å²) in [6.07, 6.45) is 34.3. The van der Waals surface area contributed by atoms with Crippen LogP contribution in [0.3, 0.4) is 0 Å². The van der Waals surface area contributed by atoms with Gasteiger partial charge in [-0.3, -0.25) is 28.2 Å². The first-order valence-electron chi connectivity index (χ1n) is 48.6. The number of carbonyl (C=O) groups is 4. The van der Waals surface area contributed by atoms with Crippen molar-refractivity contribution < 1.29 is 122 Å². The van der Waals surface area contributed by atoms with E-state index in [0.29, 0.717) is 38.5 Å². The van der Waals surface area contributed by atoms with Crippen molar-refractivity contribution in [3.63, 3.8) is 0 Å². The summed E-state index contributed by atoms with van der Waals surface area (Å²) in [6, 6.07) is 0. The summed E-state index contributed by atoms with van der Waals surface area (Å²) in [5.74, 6) is -2.96. The van der Waals surface area contributed by atoms with Gasteiger partial charge in [0.1, 0.15) is 92.6 Å².